The lowest BCUT2D eigenvalue weighted by molar-refractivity contribution is 0.0622. The number of carbonyl (C=O) groups is 1. The van der Waals surface area contributed by atoms with Crippen molar-refractivity contribution < 1.29 is 13.9 Å². The van der Waals surface area contributed by atoms with Crippen molar-refractivity contribution in [3.63, 3.8) is 0 Å². The highest BCUT2D eigenvalue weighted by Gasteiger charge is 2.10. The Kier molecular flexibility index (Phi) is 6.59. The van der Waals surface area contributed by atoms with Crippen LogP contribution in [0.15, 0.2) is 18.2 Å². The first-order chi connectivity index (χ1) is 9.06. The Morgan fingerprint density at radius 2 is 2.21 bits per heavy atom. The van der Waals surface area contributed by atoms with E-state index in [1.807, 2.05) is 13.8 Å². The molecule has 0 saturated heterocycles. The summed E-state index contributed by atoms with van der Waals surface area (Å²) in [5.41, 5.74) is 0.0892. The molecule has 1 atom stereocenters. The van der Waals surface area contributed by atoms with Gasteiger partial charge in [0.25, 0.3) is 0 Å². The number of halogens is 2. The minimum Gasteiger partial charge on any atom is -0.377 e. The maximum absolute atomic E-state index is 13.4. The zero-order chi connectivity index (χ0) is 14.3. The average molecular weight is 289 g/mol. The Hall–Kier alpha value is -1.33. The molecule has 0 heterocycles. The number of rotatable bonds is 6. The van der Waals surface area contributed by atoms with Gasteiger partial charge in [-0.2, -0.15) is 0 Å². The highest BCUT2D eigenvalue weighted by molar-refractivity contribution is 6.30. The fraction of sp³-hybridized carbons (Fsp3) is 0.462. The molecule has 0 radical (unpaired) electrons. The summed E-state index contributed by atoms with van der Waals surface area (Å²) in [4.78, 5) is 11.6. The first-order valence-electron chi connectivity index (χ1n) is 6.18. The maximum Gasteiger partial charge on any atom is 0.319 e. The van der Waals surface area contributed by atoms with Crippen LogP contribution >= 0.6 is 11.6 Å². The summed E-state index contributed by atoms with van der Waals surface area (Å²) in [6, 6.07) is 3.60. The molecule has 19 heavy (non-hydrogen) atoms. The lowest BCUT2D eigenvalue weighted by Gasteiger charge is -2.16. The van der Waals surface area contributed by atoms with Crippen molar-refractivity contribution in [2.24, 2.45) is 0 Å². The topological polar surface area (TPSA) is 50.4 Å². The number of amides is 2. The van der Waals surface area contributed by atoms with E-state index in [1.54, 1.807) is 0 Å². The van der Waals surface area contributed by atoms with Crippen LogP contribution in [0.5, 0.6) is 0 Å². The molecule has 1 aromatic carbocycles. The molecule has 0 aliphatic heterocycles. The molecule has 106 valence electrons. The van der Waals surface area contributed by atoms with Crippen molar-refractivity contribution in [1.82, 2.24) is 5.32 Å². The first kappa shape index (κ1) is 15.7. The number of carbonyl (C=O) groups excluding carboxylic acids is 1. The van der Waals surface area contributed by atoms with Gasteiger partial charge in [0.15, 0.2) is 0 Å². The maximum atomic E-state index is 13.4. The number of hydrogen-bond donors (Lipinski definition) is 2. The molecular weight excluding hydrogens is 271 g/mol. The van der Waals surface area contributed by atoms with Crippen LogP contribution in [-0.2, 0) is 4.74 Å². The van der Waals surface area contributed by atoms with Crippen molar-refractivity contribution in [2.45, 2.75) is 26.4 Å². The van der Waals surface area contributed by atoms with E-state index in [-0.39, 0.29) is 16.8 Å². The smallest absolute Gasteiger partial charge is 0.319 e. The molecule has 0 aliphatic carbocycles. The lowest BCUT2D eigenvalue weighted by Crippen LogP contribution is -2.36. The predicted octanol–water partition coefficient (Wildman–Crippen LogP) is 3.42. The molecule has 0 saturated carbocycles. The molecule has 4 nitrogen and oxygen atoms in total. The van der Waals surface area contributed by atoms with Crippen LogP contribution < -0.4 is 10.6 Å². The quantitative estimate of drug-likeness (QED) is 0.843. The summed E-state index contributed by atoms with van der Waals surface area (Å²) in [6.07, 6.45) is 0.759. The van der Waals surface area contributed by atoms with Crippen molar-refractivity contribution in [3.05, 3.63) is 29.0 Å². The summed E-state index contributed by atoms with van der Waals surface area (Å²) in [6.45, 7) is 4.84. The van der Waals surface area contributed by atoms with Gasteiger partial charge in [0.05, 0.1) is 11.8 Å². The van der Waals surface area contributed by atoms with E-state index < -0.39 is 11.8 Å². The Morgan fingerprint density at radius 3 is 2.79 bits per heavy atom. The largest absolute Gasteiger partial charge is 0.377 e. The highest BCUT2D eigenvalue weighted by atomic mass is 35.5. The summed E-state index contributed by atoms with van der Waals surface area (Å²) in [7, 11) is 0. The lowest BCUT2D eigenvalue weighted by atomic mass is 10.3. The molecular formula is C13H18ClFN2O2. The molecule has 0 aromatic heterocycles. The zero-order valence-electron chi connectivity index (χ0n) is 11.0. The monoisotopic (exact) mass is 288 g/mol. The number of urea groups is 1. The van der Waals surface area contributed by atoms with Crippen LogP contribution in [-0.4, -0.2) is 25.3 Å². The minimum absolute atomic E-state index is 0.0363. The van der Waals surface area contributed by atoms with Gasteiger partial charge in [0.1, 0.15) is 5.82 Å². The Balaban J connectivity index is 2.46. The normalized spacial score (nSPS) is 12.0. The zero-order valence-corrected chi connectivity index (χ0v) is 11.8. The SMILES string of the molecule is CCO[C@H](CC)CNC(=O)Nc1ccc(Cl)cc1F. The Bertz CT molecular complexity index is 429. The van der Waals surface area contributed by atoms with E-state index in [4.69, 9.17) is 16.3 Å². The van der Waals surface area contributed by atoms with Crippen molar-refractivity contribution in [1.29, 1.82) is 0 Å². The average Bonchev–Trinajstić information content (AvgIpc) is 2.38. The van der Waals surface area contributed by atoms with Gasteiger partial charge in [-0.1, -0.05) is 18.5 Å². The summed E-state index contributed by atoms with van der Waals surface area (Å²) < 4.78 is 18.8. The van der Waals surface area contributed by atoms with E-state index in [2.05, 4.69) is 10.6 Å². The van der Waals surface area contributed by atoms with Crippen molar-refractivity contribution in [2.75, 3.05) is 18.5 Å². The summed E-state index contributed by atoms with van der Waals surface area (Å²) in [5, 5.41) is 5.34. The van der Waals surface area contributed by atoms with Gasteiger partial charge >= 0.3 is 6.03 Å². The first-order valence-corrected chi connectivity index (χ1v) is 6.56. The third kappa shape index (κ3) is 5.44. The van der Waals surface area contributed by atoms with Gasteiger partial charge in [-0.15, -0.1) is 0 Å². The van der Waals surface area contributed by atoms with Crippen LogP contribution in [0.4, 0.5) is 14.9 Å². The summed E-state index contributed by atoms with van der Waals surface area (Å²) >= 11 is 5.62. The van der Waals surface area contributed by atoms with Gasteiger partial charge in [-0.05, 0) is 31.5 Å². The fourth-order valence-electron chi connectivity index (χ4n) is 1.52. The molecule has 6 heteroatoms. The van der Waals surface area contributed by atoms with Gasteiger partial charge in [-0.25, -0.2) is 9.18 Å². The van der Waals surface area contributed by atoms with E-state index >= 15 is 0 Å². The van der Waals surface area contributed by atoms with Crippen LogP contribution in [0, 0.1) is 5.82 Å². The number of ether oxygens (including phenoxy) is 1. The standard InChI is InChI=1S/C13H18ClFN2O2/c1-3-10(19-4-2)8-16-13(18)17-12-6-5-9(14)7-11(12)15/h5-7,10H,3-4,8H2,1-2H3,(H2,16,17,18)/t10-/m1/s1. The number of benzene rings is 1. The molecule has 0 fully saturated rings. The van der Waals surface area contributed by atoms with Crippen molar-refractivity contribution >= 4 is 23.3 Å². The second-order valence-electron chi connectivity index (χ2n) is 3.94. The fourth-order valence-corrected chi connectivity index (χ4v) is 1.68. The number of anilines is 1. The third-order valence-corrected chi connectivity index (χ3v) is 2.76. The molecule has 0 unspecified atom stereocenters. The third-order valence-electron chi connectivity index (χ3n) is 2.53. The van der Waals surface area contributed by atoms with E-state index in [1.165, 1.54) is 12.1 Å². The number of hydrogen-bond acceptors (Lipinski definition) is 2. The van der Waals surface area contributed by atoms with E-state index in [0.717, 1.165) is 12.5 Å². The Labute approximate surface area is 117 Å². The van der Waals surface area contributed by atoms with Crippen LogP contribution in [0.2, 0.25) is 5.02 Å². The second-order valence-corrected chi connectivity index (χ2v) is 4.38. The van der Waals surface area contributed by atoms with Crippen LogP contribution in [0.1, 0.15) is 20.3 Å². The van der Waals surface area contributed by atoms with E-state index in [9.17, 15) is 9.18 Å². The van der Waals surface area contributed by atoms with Crippen LogP contribution in [0.25, 0.3) is 0 Å². The number of nitrogens with one attached hydrogen (secondary N) is 2. The molecule has 0 spiro atoms. The molecule has 2 N–H and O–H groups in total. The van der Waals surface area contributed by atoms with Crippen molar-refractivity contribution in [3.8, 4) is 0 Å². The van der Waals surface area contributed by atoms with Gasteiger partial charge in [0.2, 0.25) is 0 Å². The molecule has 1 aromatic rings. The Morgan fingerprint density at radius 1 is 1.47 bits per heavy atom. The molecule has 1 rings (SSSR count). The van der Waals surface area contributed by atoms with Crippen LogP contribution in [0.3, 0.4) is 0 Å². The van der Waals surface area contributed by atoms with Gasteiger partial charge < -0.3 is 15.4 Å². The molecule has 0 bridgehead atoms. The summed E-state index contributed by atoms with van der Waals surface area (Å²) in [5.74, 6) is -0.570. The van der Waals surface area contributed by atoms with Gasteiger partial charge in [-0.3, -0.25) is 0 Å². The molecule has 0 aliphatic rings. The van der Waals surface area contributed by atoms with Gasteiger partial charge in [0, 0.05) is 18.2 Å². The highest BCUT2D eigenvalue weighted by Crippen LogP contribution is 2.18. The van der Waals surface area contributed by atoms with E-state index in [0.29, 0.717) is 13.2 Å². The second kappa shape index (κ2) is 7.96. The minimum atomic E-state index is -0.570. The molecule has 2 amide bonds. The predicted molar refractivity (Wildman–Crippen MR) is 74.1 cm³/mol.